The number of aromatic nitrogens is 1. The number of benzene rings is 1. The maximum Gasteiger partial charge on any atom is 0.144 e. The van der Waals surface area contributed by atoms with E-state index in [9.17, 15) is 4.79 Å². The van der Waals surface area contributed by atoms with Gasteiger partial charge in [-0.3, -0.25) is 9.78 Å². The van der Waals surface area contributed by atoms with Crippen LogP contribution < -0.4 is 0 Å². The molecule has 0 fully saturated rings. The Hall–Kier alpha value is -1.67. The highest BCUT2D eigenvalue weighted by Crippen LogP contribution is 2.24. The third-order valence-electron chi connectivity index (χ3n) is 3.22. The quantitative estimate of drug-likeness (QED) is 0.823. The largest absolute Gasteiger partial charge is 0.299 e. The molecular formula is C16H16ClNO. The Bertz CT molecular complexity index is 554. The minimum absolute atomic E-state index is 0.0644. The summed E-state index contributed by atoms with van der Waals surface area (Å²) in [5.41, 5.74) is 1.91. The van der Waals surface area contributed by atoms with Crippen LogP contribution in [0.1, 0.15) is 30.4 Å². The number of ketones is 1. The van der Waals surface area contributed by atoms with Crippen molar-refractivity contribution in [2.24, 2.45) is 0 Å². The van der Waals surface area contributed by atoms with E-state index in [4.69, 9.17) is 11.6 Å². The van der Waals surface area contributed by atoms with Crippen LogP contribution in [0.25, 0.3) is 0 Å². The molecule has 1 unspecified atom stereocenters. The van der Waals surface area contributed by atoms with Crippen molar-refractivity contribution in [3.05, 3.63) is 64.9 Å². The molecule has 0 aliphatic heterocycles. The third-order valence-corrected chi connectivity index (χ3v) is 3.56. The van der Waals surface area contributed by atoms with Gasteiger partial charge in [0.25, 0.3) is 0 Å². The SMILES string of the molecule is CCC(C(=O)Cc1ccncc1Cl)c1ccccc1. The first-order valence-electron chi connectivity index (χ1n) is 6.38. The molecule has 0 N–H and O–H groups in total. The summed E-state index contributed by atoms with van der Waals surface area (Å²) in [6, 6.07) is 11.7. The fraction of sp³-hybridized carbons (Fsp3) is 0.250. The van der Waals surface area contributed by atoms with Crippen molar-refractivity contribution in [3.8, 4) is 0 Å². The summed E-state index contributed by atoms with van der Waals surface area (Å²) in [6.45, 7) is 2.03. The summed E-state index contributed by atoms with van der Waals surface area (Å²) in [6.07, 6.45) is 4.39. The summed E-state index contributed by atoms with van der Waals surface area (Å²) in [5.74, 6) is 0.132. The Morgan fingerprint density at radius 1 is 1.26 bits per heavy atom. The van der Waals surface area contributed by atoms with E-state index in [0.29, 0.717) is 11.4 Å². The molecule has 2 rings (SSSR count). The standard InChI is InChI=1S/C16H16ClNO/c1-2-14(12-6-4-3-5-7-12)16(19)10-13-8-9-18-11-15(13)17/h3-9,11,14H,2,10H2,1H3. The van der Waals surface area contributed by atoms with Crippen molar-refractivity contribution < 1.29 is 4.79 Å². The van der Waals surface area contributed by atoms with Gasteiger partial charge in [-0.2, -0.15) is 0 Å². The molecule has 1 atom stereocenters. The Labute approximate surface area is 118 Å². The van der Waals surface area contributed by atoms with Gasteiger partial charge in [-0.1, -0.05) is 48.9 Å². The van der Waals surface area contributed by atoms with Crippen molar-refractivity contribution in [2.45, 2.75) is 25.7 Å². The first kappa shape index (κ1) is 13.8. The third kappa shape index (κ3) is 3.42. The zero-order valence-corrected chi connectivity index (χ0v) is 11.6. The zero-order chi connectivity index (χ0) is 13.7. The Morgan fingerprint density at radius 2 is 2.00 bits per heavy atom. The number of Topliss-reactive ketones (excluding diaryl/α,β-unsaturated/α-hetero) is 1. The van der Waals surface area contributed by atoms with Crippen molar-refractivity contribution >= 4 is 17.4 Å². The van der Waals surface area contributed by atoms with Crippen molar-refractivity contribution in [2.75, 3.05) is 0 Å². The second-order valence-electron chi connectivity index (χ2n) is 4.48. The molecule has 0 radical (unpaired) electrons. The van der Waals surface area contributed by atoms with Crippen LogP contribution in [0, 0.1) is 0 Å². The molecular weight excluding hydrogens is 258 g/mol. The molecule has 0 aliphatic rings. The fourth-order valence-electron chi connectivity index (χ4n) is 2.19. The van der Waals surface area contributed by atoms with E-state index in [2.05, 4.69) is 4.98 Å². The number of nitrogens with zero attached hydrogens (tertiary/aromatic N) is 1. The summed E-state index contributed by atoms with van der Waals surface area (Å²) in [4.78, 5) is 16.3. The highest BCUT2D eigenvalue weighted by Gasteiger charge is 2.19. The topological polar surface area (TPSA) is 30.0 Å². The van der Waals surface area contributed by atoms with Crippen LogP contribution in [0.3, 0.4) is 0 Å². The predicted octanol–water partition coefficient (Wildman–Crippen LogP) is 4.04. The minimum atomic E-state index is -0.0644. The molecule has 1 heterocycles. The molecule has 0 bridgehead atoms. The van der Waals surface area contributed by atoms with Crippen molar-refractivity contribution in [1.82, 2.24) is 4.98 Å². The zero-order valence-electron chi connectivity index (χ0n) is 10.8. The Kier molecular flexibility index (Phi) is 4.69. The van der Waals surface area contributed by atoms with E-state index < -0.39 is 0 Å². The van der Waals surface area contributed by atoms with Crippen molar-refractivity contribution in [1.29, 1.82) is 0 Å². The monoisotopic (exact) mass is 273 g/mol. The molecule has 0 spiro atoms. The smallest absolute Gasteiger partial charge is 0.144 e. The summed E-state index contributed by atoms with van der Waals surface area (Å²) < 4.78 is 0. The lowest BCUT2D eigenvalue weighted by Crippen LogP contribution is -2.14. The van der Waals surface area contributed by atoms with Gasteiger partial charge < -0.3 is 0 Å². The number of pyridine rings is 1. The molecule has 0 amide bonds. The van der Waals surface area contributed by atoms with Gasteiger partial charge in [0.2, 0.25) is 0 Å². The number of rotatable bonds is 5. The van der Waals surface area contributed by atoms with Crippen LogP contribution >= 0.6 is 11.6 Å². The van der Waals surface area contributed by atoms with E-state index in [-0.39, 0.29) is 11.7 Å². The number of hydrogen-bond acceptors (Lipinski definition) is 2. The first-order valence-corrected chi connectivity index (χ1v) is 6.76. The average Bonchev–Trinajstić information content (AvgIpc) is 2.43. The molecule has 2 nitrogen and oxygen atoms in total. The molecule has 0 saturated heterocycles. The van der Waals surface area contributed by atoms with Gasteiger partial charge in [0, 0.05) is 24.7 Å². The number of halogens is 1. The highest BCUT2D eigenvalue weighted by molar-refractivity contribution is 6.31. The van der Waals surface area contributed by atoms with E-state index in [1.54, 1.807) is 18.5 Å². The minimum Gasteiger partial charge on any atom is -0.299 e. The van der Waals surface area contributed by atoms with Crippen LogP contribution in [-0.2, 0) is 11.2 Å². The van der Waals surface area contributed by atoms with Crippen LogP contribution in [0.4, 0.5) is 0 Å². The number of carbonyl (C=O) groups excluding carboxylic acids is 1. The van der Waals surface area contributed by atoms with Gasteiger partial charge in [0.05, 0.1) is 5.02 Å². The van der Waals surface area contributed by atoms with E-state index in [1.165, 1.54) is 0 Å². The van der Waals surface area contributed by atoms with Gasteiger partial charge in [-0.25, -0.2) is 0 Å². The van der Waals surface area contributed by atoms with E-state index >= 15 is 0 Å². The lowest BCUT2D eigenvalue weighted by molar-refractivity contribution is -0.119. The van der Waals surface area contributed by atoms with Crippen LogP contribution in [0.2, 0.25) is 5.02 Å². The van der Waals surface area contributed by atoms with Crippen LogP contribution in [-0.4, -0.2) is 10.8 Å². The maximum atomic E-state index is 12.4. The molecule has 2 aromatic rings. The van der Waals surface area contributed by atoms with Gasteiger partial charge in [-0.05, 0) is 23.6 Å². The lowest BCUT2D eigenvalue weighted by atomic mass is 9.89. The van der Waals surface area contributed by atoms with Gasteiger partial charge in [0.1, 0.15) is 5.78 Å². The normalized spacial score (nSPS) is 12.1. The molecule has 0 saturated carbocycles. The maximum absolute atomic E-state index is 12.4. The van der Waals surface area contributed by atoms with Gasteiger partial charge >= 0.3 is 0 Å². The summed E-state index contributed by atoms with van der Waals surface area (Å²) in [7, 11) is 0. The molecule has 0 aliphatic carbocycles. The van der Waals surface area contributed by atoms with Gasteiger partial charge in [-0.15, -0.1) is 0 Å². The fourth-order valence-corrected chi connectivity index (χ4v) is 2.38. The van der Waals surface area contributed by atoms with E-state index in [1.807, 2.05) is 37.3 Å². The lowest BCUT2D eigenvalue weighted by Gasteiger charge is -2.14. The molecule has 3 heteroatoms. The number of hydrogen-bond donors (Lipinski definition) is 0. The number of carbonyl (C=O) groups is 1. The van der Waals surface area contributed by atoms with E-state index in [0.717, 1.165) is 17.5 Å². The molecule has 19 heavy (non-hydrogen) atoms. The van der Waals surface area contributed by atoms with Crippen LogP contribution in [0.15, 0.2) is 48.8 Å². The second kappa shape index (κ2) is 6.48. The second-order valence-corrected chi connectivity index (χ2v) is 4.89. The molecule has 98 valence electrons. The highest BCUT2D eigenvalue weighted by atomic mass is 35.5. The molecule has 1 aromatic carbocycles. The Balaban J connectivity index is 2.17. The molecule has 1 aromatic heterocycles. The predicted molar refractivity (Wildman–Crippen MR) is 77.4 cm³/mol. The first-order chi connectivity index (χ1) is 9.22. The summed E-state index contributed by atoms with van der Waals surface area (Å²) in [5, 5.41) is 0.554. The van der Waals surface area contributed by atoms with Crippen molar-refractivity contribution in [3.63, 3.8) is 0 Å². The van der Waals surface area contributed by atoms with Crippen LogP contribution in [0.5, 0.6) is 0 Å². The van der Waals surface area contributed by atoms with Gasteiger partial charge in [0.15, 0.2) is 0 Å². The average molecular weight is 274 g/mol. The Morgan fingerprint density at radius 3 is 2.63 bits per heavy atom. The summed E-state index contributed by atoms with van der Waals surface area (Å²) >= 11 is 6.05.